The van der Waals surface area contributed by atoms with Gasteiger partial charge in [-0.25, -0.2) is 28.7 Å². The fourth-order valence-corrected chi connectivity index (χ4v) is 3.48. The summed E-state index contributed by atoms with van der Waals surface area (Å²) in [7, 11) is 0. The van der Waals surface area contributed by atoms with Gasteiger partial charge < -0.3 is 4.90 Å². The maximum atomic E-state index is 14.2. The minimum atomic E-state index is -0.794. The van der Waals surface area contributed by atoms with Crippen LogP contribution >= 0.6 is 0 Å². The first-order valence-corrected chi connectivity index (χ1v) is 8.53. The number of fused-ring (bicyclic) bond motifs is 1. The van der Waals surface area contributed by atoms with Gasteiger partial charge in [-0.3, -0.25) is 0 Å². The van der Waals surface area contributed by atoms with Crippen molar-refractivity contribution in [3.8, 4) is 11.6 Å². The van der Waals surface area contributed by atoms with Crippen LogP contribution in [0.3, 0.4) is 0 Å². The van der Waals surface area contributed by atoms with Crippen molar-refractivity contribution in [2.75, 3.05) is 11.4 Å². The van der Waals surface area contributed by atoms with Crippen molar-refractivity contribution in [1.82, 2.24) is 19.9 Å². The number of anilines is 1. The van der Waals surface area contributed by atoms with Crippen molar-refractivity contribution in [3.63, 3.8) is 0 Å². The molecular formula is C19H17F2N5. The standard InChI is InChI=1S/C19H17F2N5/c1-2-15-12-4-5-14(20)17(21)13(12)7-11-26(15)16-6-10-24-19(25-16)18-22-8-3-9-23-18/h3-6,8-10,15H,2,7,11H2,1H3. The van der Waals surface area contributed by atoms with Gasteiger partial charge in [-0.2, -0.15) is 0 Å². The van der Waals surface area contributed by atoms with E-state index in [1.807, 2.05) is 13.0 Å². The Kier molecular flexibility index (Phi) is 4.28. The second kappa shape index (κ2) is 6.74. The maximum absolute atomic E-state index is 14.2. The van der Waals surface area contributed by atoms with Crippen molar-refractivity contribution >= 4 is 5.82 Å². The van der Waals surface area contributed by atoms with Crippen LogP contribution in [-0.4, -0.2) is 26.5 Å². The molecule has 1 aliphatic heterocycles. The minimum Gasteiger partial charge on any atom is -0.349 e. The lowest BCUT2D eigenvalue weighted by atomic mass is 9.90. The third-order valence-electron chi connectivity index (χ3n) is 4.66. The Morgan fingerprint density at radius 3 is 2.58 bits per heavy atom. The molecule has 1 unspecified atom stereocenters. The van der Waals surface area contributed by atoms with Crippen LogP contribution in [0.25, 0.3) is 11.6 Å². The van der Waals surface area contributed by atoms with Crippen LogP contribution in [0.4, 0.5) is 14.6 Å². The van der Waals surface area contributed by atoms with Crippen molar-refractivity contribution in [3.05, 3.63) is 65.6 Å². The van der Waals surface area contributed by atoms with Crippen molar-refractivity contribution in [1.29, 1.82) is 0 Å². The summed E-state index contributed by atoms with van der Waals surface area (Å²) in [5.41, 5.74) is 1.28. The van der Waals surface area contributed by atoms with Gasteiger partial charge in [-0.05, 0) is 42.2 Å². The average Bonchev–Trinajstić information content (AvgIpc) is 2.70. The van der Waals surface area contributed by atoms with Crippen LogP contribution in [0, 0.1) is 11.6 Å². The maximum Gasteiger partial charge on any atom is 0.199 e. The number of hydrogen-bond acceptors (Lipinski definition) is 5. The number of nitrogens with zero attached hydrogens (tertiary/aromatic N) is 5. The first kappa shape index (κ1) is 16.5. The Hall–Kier alpha value is -2.96. The molecule has 26 heavy (non-hydrogen) atoms. The molecule has 7 heteroatoms. The average molecular weight is 353 g/mol. The molecule has 0 saturated carbocycles. The topological polar surface area (TPSA) is 54.8 Å². The first-order valence-electron chi connectivity index (χ1n) is 8.53. The summed E-state index contributed by atoms with van der Waals surface area (Å²) in [4.78, 5) is 19.3. The predicted octanol–water partition coefficient (Wildman–Crippen LogP) is 3.73. The Morgan fingerprint density at radius 2 is 1.81 bits per heavy atom. The molecule has 1 aromatic carbocycles. The summed E-state index contributed by atoms with van der Waals surface area (Å²) < 4.78 is 27.7. The smallest absolute Gasteiger partial charge is 0.199 e. The Balaban J connectivity index is 1.73. The summed E-state index contributed by atoms with van der Waals surface area (Å²) in [5, 5.41) is 0. The lowest BCUT2D eigenvalue weighted by Gasteiger charge is -2.38. The molecular weight excluding hydrogens is 336 g/mol. The number of benzene rings is 1. The van der Waals surface area contributed by atoms with Gasteiger partial charge >= 0.3 is 0 Å². The minimum absolute atomic E-state index is 0.0757. The van der Waals surface area contributed by atoms with Gasteiger partial charge in [0.1, 0.15) is 5.82 Å². The van der Waals surface area contributed by atoms with E-state index in [0.29, 0.717) is 30.2 Å². The SMILES string of the molecule is CCC1c2ccc(F)c(F)c2CCN1c1ccnc(-c2ncccn2)n1. The monoisotopic (exact) mass is 353 g/mol. The van der Waals surface area contributed by atoms with Crippen LogP contribution in [0.1, 0.15) is 30.5 Å². The zero-order chi connectivity index (χ0) is 18.1. The molecule has 3 heterocycles. The van der Waals surface area contributed by atoms with Crippen LogP contribution in [0.15, 0.2) is 42.9 Å². The normalized spacial score (nSPS) is 16.4. The summed E-state index contributed by atoms with van der Waals surface area (Å²) in [6.07, 6.45) is 6.13. The lowest BCUT2D eigenvalue weighted by Crippen LogP contribution is -2.36. The van der Waals surface area contributed by atoms with Crippen molar-refractivity contribution in [2.45, 2.75) is 25.8 Å². The number of aromatic nitrogens is 4. The molecule has 2 aromatic heterocycles. The molecule has 0 fully saturated rings. The van der Waals surface area contributed by atoms with E-state index >= 15 is 0 Å². The summed E-state index contributed by atoms with van der Waals surface area (Å²) in [6.45, 7) is 2.58. The van der Waals surface area contributed by atoms with Crippen molar-refractivity contribution < 1.29 is 8.78 Å². The van der Waals surface area contributed by atoms with Crippen LogP contribution in [0.2, 0.25) is 0 Å². The summed E-state index contributed by atoms with van der Waals surface area (Å²) in [5.74, 6) is 0.0888. The van der Waals surface area contributed by atoms with Gasteiger partial charge in [0.15, 0.2) is 23.3 Å². The Morgan fingerprint density at radius 1 is 1.04 bits per heavy atom. The van der Waals surface area contributed by atoms with E-state index in [0.717, 1.165) is 17.8 Å². The molecule has 0 saturated heterocycles. The first-order chi connectivity index (χ1) is 12.7. The van der Waals surface area contributed by atoms with E-state index in [1.165, 1.54) is 6.07 Å². The Labute approximate surface area is 149 Å². The second-order valence-corrected chi connectivity index (χ2v) is 6.11. The summed E-state index contributed by atoms with van der Waals surface area (Å²) >= 11 is 0. The molecule has 0 bridgehead atoms. The van der Waals surface area contributed by atoms with E-state index < -0.39 is 11.6 Å². The van der Waals surface area contributed by atoms with E-state index in [2.05, 4.69) is 24.8 Å². The third kappa shape index (κ3) is 2.79. The highest BCUT2D eigenvalue weighted by Crippen LogP contribution is 2.36. The quantitative estimate of drug-likeness (QED) is 0.718. The number of halogens is 2. The van der Waals surface area contributed by atoms with Gasteiger partial charge in [0, 0.05) is 25.1 Å². The second-order valence-electron chi connectivity index (χ2n) is 6.11. The number of rotatable bonds is 3. The predicted molar refractivity (Wildman–Crippen MR) is 93.5 cm³/mol. The van der Waals surface area contributed by atoms with Crippen LogP contribution in [0.5, 0.6) is 0 Å². The highest BCUT2D eigenvalue weighted by molar-refractivity contribution is 5.52. The van der Waals surface area contributed by atoms with Gasteiger partial charge in [0.25, 0.3) is 0 Å². The molecule has 1 aliphatic rings. The third-order valence-corrected chi connectivity index (χ3v) is 4.66. The van der Waals surface area contributed by atoms with E-state index in [9.17, 15) is 8.78 Å². The summed E-state index contributed by atoms with van der Waals surface area (Å²) in [6, 6.07) is 6.35. The van der Waals surface area contributed by atoms with Crippen LogP contribution in [-0.2, 0) is 6.42 Å². The highest BCUT2D eigenvalue weighted by Gasteiger charge is 2.30. The molecule has 0 aliphatic carbocycles. The highest BCUT2D eigenvalue weighted by atomic mass is 19.2. The molecule has 132 valence electrons. The van der Waals surface area contributed by atoms with Gasteiger partial charge in [-0.1, -0.05) is 13.0 Å². The lowest BCUT2D eigenvalue weighted by molar-refractivity contribution is 0.476. The van der Waals surface area contributed by atoms with E-state index in [1.54, 1.807) is 30.7 Å². The molecule has 0 radical (unpaired) electrons. The van der Waals surface area contributed by atoms with E-state index in [4.69, 9.17) is 0 Å². The van der Waals surface area contributed by atoms with Gasteiger partial charge in [0.05, 0.1) is 6.04 Å². The zero-order valence-electron chi connectivity index (χ0n) is 14.2. The molecule has 3 aromatic rings. The molecule has 0 spiro atoms. The zero-order valence-corrected chi connectivity index (χ0v) is 14.2. The molecule has 1 atom stereocenters. The fraction of sp³-hybridized carbons (Fsp3) is 0.263. The molecule has 5 nitrogen and oxygen atoms in total. The fourth-order valence-electron chi connectivity index (χ4n) is 3.48. The van der Waals surface area contributed by atoms with E-state index in [-0.39, 0.29) is 6.04 Å². The molecule has 0 amide bonds. The Bertz CT molecular complexity index is 932. The molecule has 0 N–H and O–H groups in total. The largest absolute Gasteiger partial charge is 0.349 e. The van der Waals surface area contributed by atoms with Crippen LogP contribution < -0.4 is 4.90 Å². The van der Waals surface area contributed by atoms with Crippen molar-refractivity contribution in [2.24, 2.45) is 0 Å². The molecule has 4 rings (SSSR count). The number of hydrogen-bond donors (Lipinski definition) is 0. The van der Waals surface area contributed by atoms with Gasteiger partial charge in [0.2, 0.25) is 0 Å². The van der Waals surface area contributed by atoms with Gasteiger partial charge in [-0.15, -0.1) is 0 Å².